The number of ether oxygens (including phenoxy) is 1. The number of aliphatic carboxylic acids is 1. The van der Waals surface area contributed by atoms with Crippen molar-refractivity contribution in [3.05, 3.63) is 29.6 Å². The second-order valence-corrected chi connectivity index (χ2v) is 5.08. The molecule has 1 fully saturated rings. The van der Waals surface area contributed by atoms with Gasteiger partial charge >= 0.3 is 5.97 Å². The highest BCUT2D eigenvalue weighted by Crippen LogP contribution is 2.28. The van der Waals surface area contributed by atoms with Crippen LogP contribution in [-0.2, 0) is 4.79 Å². The van der Waals surface area contributed by atoms with Crippen molar-refractivity contribution in [2.75, 3.05) is 20.2 Å². The van der Waals surface area contributed by atoms with Gasteiger partial charge in [0.1, 0.15) is 6.04 Å². The Morgan fingerprint density at radius 3 is 2.45 bits per heavy atom. The summed E-state index contributed by atoms with van der Waals surface area (Å²) in [6.45, 7) is 1.48. The van der Waals surface area contributed by atoms with Crippen molar-refractivity contribution in [2.45, 2.75) is 31.7 Å². The smallest absolute Gasteiger partial charge is 0.325 e. The van der Waals surface area contributed by atoms with Gasteiger partial charge in [-0.15, -0.1) is 0 Å². The fraction of sp³-hybridized carbons (Fsp3) is 0.533. The van der Waals surface area contributed by atoms with Gasteiger partial charge in [0.15, 0.2) is 11.6 Å². The lowest BCUT2D eigenvalue weighted by atomic mass is 10.0. The topological polar surface area (TPSA) is 49.8 Å². The average Bonchev–Trinajstić information content (AvgIpc) is 2.68. The van der Waals surface area contributed by atoms with E-state index in [4.69, 9.17) is 4.74 Å². The van der Waals surface area contributed by atoms with Gasteiger partial charge in [-0.3, -0.25) is 9.69 Å². The van der Waals surface area contributed by atoms with Gasteiger partial charge in [0.25, 0.3) is 0 Å². The van der Waals surface area contributed by atoms with Crippen LogP contribution >= 0.6 is 0 Å². The van der Waals surface area contributed by atoms with Gasteiger partial charge in [-0.05, 0) is 43.6 Å². The van der Waals surface area contributed by atoms with Crippen molar-refractivity contribution >= 4 is 5.97 Å². The highest BCUT2D eigenvalue weighted by atomic mass is 19.1. The van der Waals surface area contributed by atoms with E-state index in [1.54, 1.807) is 6.07 Å². The largest absolute Gasteiger partial charge is 0.494 e. The zero-order valence-electron chi connectivity index (χ0n) is 11.6. The highest BCUT2D eigenvalue weighted by Gasteiger charge is 2.28. The molecular weight excluding hydrogens is 261 g/mol. The first-order valence-corrected chi connectivity index (χ1v) is 6.94. The molecule has 0 spiro atoms. The molecule has 0 amide bonds. The maximum Gasteiger partial charge on any atom is 0.325 e. The minimum Gasteiger partial charge on any atom is -0.494 e. The van der Waals surface area contributed by atoms with Crippen LogP contribution in [-0.4, -0.2) is 36.2 Å². The average molecular weight is 281 g/mol. The van der Waals surface area contributed by atoms with Crippen molar-refractivity contribution < 1.29 is 19.0 Å². The van der Waals surface area contributed by atoms with Crippen LogP contribution in [0.25, 0.3) is 0 Å². The summed E-state index contributed by atoms with van der Waals surface area (Å²) < 4.78 is 18.7. The van der Waals surface area contributed by atoms with Crippen molar-refractivity contribution in [3.8, 4) is 5.75 Å². The van der Waals surface area contributed by atoms with E-state index in [9.17, 15) is 14.3 Å². The molecular formula is C15H20FNO3. The number of carboxylic acid groups (broad SMARTS) is 1. The van der Waals surface area contributed by atoms with Crippen LogP contribution in [0.5, 0.6) is 5.75 Å². The third kappa shape index (κ3) is 3.28. The molecule has 1 atom stereocenters. The van der Waals surface area contributed by atoms with Gasteiger partial charge in [-0.25, -0.2) is 4.39 Å². The lowest BCUT2D eigenvalue weighted by Gasteiger charge is -2.27. The molecule has 2 rings (SSSR count). The lowest BCUT2D eigenvalue weighted by molar-refractivity contribution is -0.143. The molecule has 20 heavy (non-hydrogen) atoms. The summed E-state index contributed by atoms with van der Waals surface area (Å²) in [5.41, 5.74) is 0.470. The monoisotopic (exact) mass is 281 g/mol. The molecule has 1 aliphatic rings. The van der Waals surface area contributed by atoms with Crippen molar-refractivity contribution in [3.63, 3.8) is 0 Å². The Morgan fingerprint density at radius 1 is 1.30 bits per heavy atom. The quantitative estimate of drug-likeness (QED) is 0.922. The van der Waals surface area contributed by atoms with Crippen molar-refractivity contribution in [1.82, 2.24) is 4.90 Å². The van der Waals surface area contributed by atoms with E-state index < -0.39 is 17.8 Å². The fourth-order valence-corrected chi connectivity index (χ4v) is 2.72. The van der Waals surface area contributed by atoms with Crippen molar-refractivity contribution in [2.24, 2.45) is 0 Å². The van der Waals surface area contributed by atoms with E-state index in [1.807, 2.05) is 4.90 Å². The van der Waals surface area contributed by atoms with E-state index >= 15 is 0 Å². The molecule has 1 N–H and O–H groups in total. The maximum absolute atomic E-state index is 13.8. The zero-order chi connectivity index (χ0) is 14.5. The number of benzene rings is 1. The standard InChI is InChI=1S/C15H20FNO3/c1-20-13-7-6-11(10-12(13)16)14(15(18)19)17-8-4-2-3-5-9-17/h6-7,10,14H,2-5,8-9H2,1H3,(H,18,19). The summed E-state index contributed by atoms with van der Waals surface area (Å²) in [5.74, 6) is -1.32. The summed E-state index contributed by atoms with van der Waals surface area (Å²) in [7, 11) is 1.39. The van der Waals surface area contributed by atoms with E-state index in [-0.39, 0.29) is 5.75 Å². The highest BCUT2D eigenvalue weighted by molar-refractivity contribution is 5.75. The first kappa shape index (κ1) is 14.8. The lowest BCUT2D eigenvalue weighted by Crippen LogP contribution is -2.35. The normalized spacial score (nSPS) is 18.3. The molecule has 1 aliphatic heterocycles. The Hall–Kier alpha value is -1.62. The first-order valence-electron chi connectivity index (χ1n) is 6.94. The number of methoxy groups -OCH3 is 1. The molecule has 0 saturated carbocycles. The third-order valence-electron chi connectivity index (χ3n) is 3.73. The van der Waals surface area contributed by atoms with Crippen LogP contribution in [0.3, 0.4) is 0 Å². The Bertz CT molecular complexity index is 470. The number of hydrogen-bond acceptors (Lipinski definition) is 3. The summed E-state index contributed by atoms with van der Waals surface area (Å²) in [6.07, 6.45) is 4.23. The van der Waals surface area contributed by atoms with Crippen LogP contribution in [0.1, 0.15) is 37.3 Å². The molecule has 0 aromatic heterocycles. The molecule has 1 unspecified atom stereocenters. The molecule has 4 nitrogen and oxygen atoms in total. The van der Waals surface area contributed by atoms with Gasteiger partial charge in [-0.1, -0.05) is 18.9 Å². The number of nitrogens with zero attached hydrogens (tertiary/aromatic N) is 1. The number of carboxylic acids is 1. The van der Waals surface area contributed by atoms with Crippen molar-refractivity contribution in [1.29, 1.82) is 0 Å². The number of carbonyl (C=O) groups is 1. The zero-order valence-corrected chi connectivity index (χ0v) is 11.6. The van der Waals surface area contributed by atoms with Crippen LogP contribution in [0.15, 0.2) is 18.2 Å². The molecule has 1 heterocycles. The number of rotatable bonds is 4. The fourth-order valence-electron chi connectivity index (χ4n) is 2.72. The van der Waals surface area contributed by atoms with E-state index in [0.29, 0.717) is 5.56 Å². The Balaban J connectivity index is 2.27. The van der Waals surface area contributed by atoms with Crippen LogP contribution in [0.4, 0.5) is 4.39 Å². The second-order valence-electron chi connectivity index (χ2n) is 5.08. The van der Waals surface area contributed by atoms with Crippen LogP contribution < -0.4 is 4.74 Å². The number of hydrogen-bond donors (Lipinski definition) is 1. The summed E-state index contributed by atoms with van der Waals surface area (Å²) in [4.78, 5) is 13.5. The van der Waals surface area contributed by atoms with E-state index in [1.165, 1.54) is 19.2 Å². The minimum absolute atomic E-state index is 0.133. The van der Waals surface area contributed by atoms with Gasteiger partial charge in [0.2, 0.25) is 0 Å². The Labute approximate surface area is 118 Å². The Morgan fingerprint density at radius 2 is 1.95 bits per heavy atom. The van der Waals surface area contributed by atoms with E-state index in [0.717, 1.165) is 38.8 Å². The first-order chi connectivity index (χ1) is 9.63. The summed E-state index contributed by atoms with van der Waals surface area (Å²) >= 11 is 0. The van der Waals surface area contributed by atoms with Crippen LogP contribution in [0, 0.1) is 5.82 Å². The minimum atomic E-state index is -0.934. The van der Waals surface area contributed by atoms with Gasteiger partial charge < -0.3 is 9.84 Å². The summed E-state index contributed by atoms with van der Waals surface area (Å²) in [5, 5.41) is 9.49. The Kier molecular flexibility index (Phi) is 4.95. The summed E-state index contributed by atoms with van der Waals surface area (Å²) in [6, 6.07) is 3.60. The molecule has 1 aromatic rings. The molecule has 0 aliphatic carbocycles. The molecule has 0 radical (unpaired) electrons. The van der Waals surface area contributed by atoms with Gasteiger partial charge in [-0.2, -0.15) is 0 Å². The molecule has 1 saturated heterocycles. The molecule has 1 aromatic carbocycles. The molecule has 0 bridgehead atoms. The van der Waals surface area contributed by atoms with Gasteiger partial charge in [0.05, 0.1) is 7.11 Å². The van der Waals surface area contributed by atoms with Crippen LogP contribution in [0.2, 0.25) is 0 Å². The number of likely N-dealkylation sites (tertiary alicyclic amines) is 1. The molecule has 110 valence electrons. The van der Waals surface area contributed by atoms with Gasteiger partial charge in [0, 0.05) is 0 Å². The van der Waals surface area contributed by atoms with E-state index in [2.05, 4.69) is 0 Å². The third-order valence-corrected chi connectivity index (χ3v) is 3.73. The SMILES string of the molecule is COc1ccc(C(C(=O)O)N2CCCCCC2)cc1F. The second kappa shape index (κ2) is 6.70. The number of halogens is 1. The maximum atomic E-state index is 13.8. The predicted octanol–water partition coefficient (Wildman–Crippen LogP) is 2.84. The molecule has 5 heteroatoms. The predicted molar refractivity (Wildman–Crippen MR) is 73.4 cm³/mol.